The van der Waals surface area contributed by atoms with Gasteiger partial charge in [-0.2, -0.15) is 0 Å². The lowest BCUT2D eigenvalue weighted by atomic mass is 9.97. The molecule has 0 saturated heterocycles. The number of aryl methyl sites for hydroxylation is 1. The largest absolute Gasteiger partial charge is 0.486 e. The molecule has 0 atom stereocenters. The van der Waals surface area contributed by atoms with Crippen LogP contribution in [0.25, 0.3) is 11.1 Å². The summed E-state index contributed by atoms with van der Waals surface area (Å²) >= 11 is 0. The topological polar surface area (TPSA) is 18.5 Å². The Morgan fingerprint density at radius 3 is 2.58 bits per heavy atom. The first-order valence-electron chi connectivity index (χ1n) is 6.46. The summed E-state index contributed by atoms with van der Waals surface area (Å²) in [6.07, 6.45) is 0.865. The molecule has 0 aromatic heterocycles. The Kier molecular flexibility index (Phi) is 3.11. The summed E-state index contributed by atoms with van der Waals surface area (Å²) in [7, 11) is 0. The zero-order valence-electron chi connectivity index (χ0n) is 10.8. The lowest BCUT2D eigenvalue weighted by molar-refractivity contribution is 0.171. The van der Waals surface area contributed by atoms with Crippen LogP contribution >= 0.6 is 0 Å². The summed E-state index contributed by atoms with van der Waals surface area (Å²) in [5, 5.41) is 0. The average molecular weight is 258 g/mol. The number of benzene rings is 2. The van der Waals surface area contributed by atoms with Crippen molar-refractivity contribution >= 4 is 0 Å². The summed E-state index contributed by atoms with van der Waals surface area (Å²) in [5.41, 5.74) is 3.00. The zero-order valence-corrected chi connectivity index (χ0v) is 10.8. The summed E-state index contributed by atoms with van der Waals surface area (Å²) < 4.78 is 24.5. The van der Waals surface area contributed by atoms with E-state index in [1.165, 1.54) is 6.07 Å². The maximum absolute atomic E-state index is 13.5. The maximum atomic E-state index is 13.5. The van der Waals surface area contributed by atoms with Gasteiger partial charge in [-0.1, -0.05) is 19.1 Å². The second kappa shape index (κ2) is 4.92. The monoisotopic (exact) mass is 258 g/mol. The molecule has 0 N–H and O–H groups in total. The third-order valence-corrected chi connectivity index (χ3v) is 3.31. The second-order valence-electron chi connectivity index (χ2n) is 4.51. The van der Waals surface area contributed by atoms with Gasteiger partial charge in [0.25, 0.3) is 0 Å². The fraction of sp³-hybridized carbons (Fsp3) is 0.250. The minimum absolute atomic E-state index is 0.220. The molecule has 2 aromatic carbocycles. The molecule has 3 heteroatoms. The maximum Gasteiger partial charge on any atom is 0.161 e. The van der Waals surface area contributed by atoms with E-state index in [1.54, 1.807) is 6.07 Å². The minimum atomic E-state index is -0.220. The molecule has 0 amide bonds. The lowest BCUT2D eigenvalue weighted by Crippen LogP contribution is -2.15. The first kappa shape index (κ1) is 12.0. The van der Waals surface area contributed by atoms with Gasteiger partial charge in [-0.25, -0.2) is 4.39 Å². The van der Waals surface area contributed by atoms with E-state index in [2.05, 4.69) is 6.92 Å². The first-order valence-corrected chi connectivity index (χ1v) is 6.46. The molecule has 0 bridgehead atoms. The van der Waals surface area contributed by atoms with Crippen LogP contribution in [-0.2, 0) is 6.42 Å². The fourth-order valence-corrected chi connectivity index (χ4v) is 2.34. The molecule has 0 aliphatic carbocycles. The summed E-state index contributed by atoms with van der Waals surface area (Å²) in [6, 6.07) is 10.7. The van der Waals surface area contributed by atoms with Gasteiger partial charge in [0.05, 0.1) is 0 Å². The van der Waals surface area contributed by atoms with Crippen LogP contribution in [0.2, 0.25) is 0 Å². The summed E-state index contributed by atoms with van der Waals surface area (Å²) in [4.78, 5) is 0. The molecule has 2 aromatic rings. The van der Waals surface area contributed by atoms with E-state index in [1.807, 2.05) is 24.3 Å². The van der Waals surface area contributed by atoms with E-state index < -0.39 is 0 Å². The van der Waals surface area contributed by atoms with Crippen LogP contribution in [0.4, 0.5) is 4.39 Å². The van der Waals surface area contributed by atoms with Gasteiger partial charge in [-0.3, -0.25) is 0 Å². The number of rotatable bonds is 2. The highest BCUT2D eigenvalue weighted by molar-refractivity contribution is 5.70. The number of ether oxygens (including phenoxy) is 2. The zero-order chi connectivity index (χ0) is 13.2. The molecule has 0 spiro atoms. The fourth-order valence-electron chi connectivity index (χ4n) is 2.34. The predicted octanol–water partition coefficient (Wildman–Crippen LogP) is 3.83. The van der Waals surface area contributed by atoms with Crippen LogP contribution in [0, 0.1) is 5.82 Å². The van der Waals surface area contributed by atoms with Gasteiger partial charge in [0, 0.05) is 0 Å². The molecule has 1 aliphatic heterocycles. The van der Waals surface area contributed by atoms with E-state index in [-0.39, 0.29) is 5.82 Å². The van der Waals surface area contributed by atoms with Gasteiger partial charge in [0.2, 0.25) is 0 Å². The molecule has 0 radical (unpaired) electrons. The highest BCUT2D eigenvalue weighted by Gasteiger charge is 2.14. The molecule has 1 aliphatic rings. The minimum Gasteiger partial charge on any atom is -0.486 e. The van der Waals surface area contributed by atoms with Crippen molar-refractivity contribution in [2.75, 3.05) is 13.2 Å². The average Bonchev–Trinajstić information content (AvgIpc) is 2.46. The van der Waals surface area contributed by atoms with E-state index >= 15 is 0 Å². The quantitative estimate of drug-likeness (QED) is 0.815. The van der Waals surface area contributed by atoms with Gasteiger partial charge < -0.3 is 9.47 Å². The second-order valence-corrected chi connectivity index (χ2v) is 4.51. The van der Waals surface area contributed by atoms with Gasteiger partial charge in [0.1, 0.15) is 19.0 Å². The molecule has 3 rings (SSSR count). The predicted molar refractivity (Wildman–Crippen MR) is 72.2 cm³/mol. The molecule has 0 fully saturated rings. The van der Waals surface area contributed by atoms with Crippen LogP contribution < -0.4 is 9.47 Å². The molecule has 1 heterocycles. The van der Waals surface area contributed by atoms with Crippen LogP contribution in [0.15, 0.2) is 36.4 Å². The van der Waals surface area contributed by atoms with E-state index in [4.69, 9.17) is 9.47 Å². The first-order chi connectivity index (χ1) is 9.28. The Balaban J connectivity index is 2.09. The van der Waals surface area contributed by atoms with E-state index in [0.29, 0.717) is 13.2 Å². The Hall–Kier alpha value is -2.03. The number of hydrogen-bond acceptors (Lipinski definition) is 2. The van der Waals surface area contributed by atoms with Crippen molar-refractivity contribution in [1.82, 2.24) is 0 Å². The highest BCUT2D eigenvalue weighted by atomic mass is 19.1. The smallest absolute Gasteiger partial charge is 0.161 e. The molecular weight excluding hydrogens is 243 g/mol. The van der Waals surface area contributed by atoms with Crippen molar-refractivity contribution in [2.45, 2.75) is 13.3 Å². The number of hydrogen-bond donors (Lipinski definition) is 0. The standard InChI is InChI=1S/C16H15FO2/c1-2-11-3-5-13(17)10-14(11)12-4-6-15-16(9-12)19-8-7-18-15/h3-6,9-10H,2,7-8H2,1H3. The van der Waals surface area contributed by atoms with Crippen molar-refractivity contribution in [3.63, 3.8) is 0 Å². The number of halogens is 1. The van der Waals surface area contributed by atoms with Crippen molar-refractivity contribution < 1.29 is 13.9 Å². The summed E-state index contributed by atoms with van der Waals surface area (Å²) in [6.45, 7) is 3.20. The van der Waals surface area contributed by atoms with E-state index in [9.17, 15) is 4.39 Å². The van der Waals surface area contributed by atoms with Crippen molar-refractivity contribution in [3.8, 4) is 22.6 Å². The van der Waals surface area contributed by atoms with Gasteiger partial charge in [-0.05, 0) is 47.4 Å². The Morgan fingerprint density at radius 1 is 1.00 bits per heavy atom. The Labute approximate surface area is 111 Å². The molecule has 2 nitrogen and oxygen atoms in total. The summed E-state index contributed by atoms with van der Waals surface area (Å²) in [5.74, 6) is 1.27. The van der Waals surface area contributed by atoms with Gasteiger partial charge in [0.15, 0.2) is 11.5 Å². The van der Waals surface area contributed by atoms with Crippen LogP contribution in [0.3, 0.4) is 0 Å². The van der Waals surface area contributed by atoms with E-state index in [0.717, 1.165) is 34.6 Å². The Bertz CT molecular complexity index is 608. The Morgan fingerprint density at radius 2 is 1.79 bits per heavy atom. The molecular formula is C16H15FO2. The SMILES string of the molecule is CCc1ccc(F)cc1-c1ccc2c(c1)OCCO2. The van der Waals surface area contributed by atoms with Crippen LogP contribution in [-0.4, -0.2) is 13.2 Å². The third kappa shape index (κ3) is 2.28. The van der Waals surface area contributed by atoms with Crippen molar-refractivity contribution in [2.24, 2.45) is 0 Å². The van der Waals surface area contributed by atoms with Crippen LogP contribution in [0.5, 0.6) is 11.5 Å². The van der Waals surface area contributed by atoms with Crippen LogP contribution in [0.1, 0.15) is 12.5 Å². The highest BCUT2D eigenvalue weighted by Crippen LogP contribution is 2.35. The molecule has 0 saturated carbocycles. The third-order valence-electron chi connectivity index (χ3n) is 3.31. The van der Waals surface area contributed by atoms with Crippen molar-refractivity contribution in [3.05, 3.63) is 47.8 Å². The molecule has 19 heavy (non-hydrogen) atoms. The van der Waals surface area contributed by atoms with Crippen molar-refractivity contribution in [1.29, 1.82) is 0 Å². The lowest BCUT2D eigenvalue weighted by Gasteiger charge is -2.19. The molecule has 98 valence electrons. The van der Waals surface area contributed by atoms with Gasteiger partial charge in [-0.15, -0.1) is 0 Å². The normalized spacial score (nSPS) is 13.4. The van der Waals surface area contributed by atoms with Gasteiger partial charge >= 0.3 is 0 Å². The molecule has 0 unspecified atom stereocenters. The number of fused-ring (bicyclic) bond motifs is 1.